The second-order valence-electron chi connectivity index (χ2n) is 3.86. The summed E-state index contributed by atoms with van der Waals surface area (Å²) in [5.41, 5.74) is 7.08. The first-order valence-corrected chi connectivity index (χ1v) is 4.62. The van der Waals surface area contributed by atoms with E-state index in [4.69, 9.17) is 5.73 Å². The van der Waals surface area contributed by atoms with Crippen molar-refractivity contribution in [2.45, 2.75) is 38.1 Å². The summed E-state index contributed by atoms with van der Waals surface area (Å²) in [4.78, 5) is 4.27. The van der Waals surface area contributed by atoms with Gasteiger partial charge in [-0.25, -0.2) is 4.98 Å². The molecular formula is C9H14N4. The lowest BCUT2D eigenvalue weighted by atomic mass is 10.1. The molecule has 70 valence electrons. The number of aryl methyl sites for hydroxylation is 2. The van der Waals surface area contributed by atoms with Crippen LogP contribution in [0.1, 0.15) is 30.8 Å². The minimum absolute atomic E-state index is 0.110. The first-order valence-electron chi connectivity index (χ1n) is 4.62. The van der Waals surface area contributed by atoms with E-state index < -0.39 is 0 Å². The Hall–Kier alpha value is -1.03. The lowest BCUT2D eigenvalue weighted by Gasteiger charge is -2.06. The molecule has 1 fully saturated rings. The Labute approximate surface area is 77.6 Å². The predicted octanol–water partition coefficient (Wildman–Crippen LogP) is 0.604. The minimum Gasteiger partial charge on any atom is -0.325 e. The molecular weight excluding hydrogens is 164 g/mol. The Morgan fingerprint density at radius 2 is 2.31 bits per heavy atom. The van der Waals surface area contributed by atoms with Gasteiger partial charge < -0.3 is 5.73 Å². The number of nitrogens with zero attached hydrogens (tertiary/aromatic N) is 3. The number of nitrogens with two attached hydrogens (primary N) is 1. The van der Waals surface area contributed by atoms with Crippen LogP contribution in [0.4, 0.5) is 0 Å². The molecule has 1 aliphatic carbocycles. The zero-order chi connectivity index (χ0) is 9.31. The zero-order valence-corrected chi connectivity index (χ0v) is 7.82. The van der Waals surface area contributed by atoms with Gasteiger partial charge in [0.1, 0.15) is 5.82 Å². The maximum atomic E-state index is 5.97. The Morgan fingerprint density at radius 1 is 1.54 bits per heavy atom. The van der Waals surface area contributed by atoms with Gasteiger partial charge in [0, 0.05) is 5.54 Å². The van der Waals surface area contributed by atoms with Crippen molar-refractivity contribution in [1.82, 2.24) is 15.2 Å². The van der Waals surface area contributed by atoms with Crippen LogP contribution in [0.15, 0.2) is 6.20 Å². The molecule has 0 atom stereocenters. The minimum atomic E-state index is 0.110. The maximum absolute atomic E-state index is 5.97. The molecule has 1 aromatic rings. The molecule has 0 amide bonds. The van der Waals surface area contributed by atoms with Crippen molar-refractivity contribution in [2.75, 3.05) is 0 Å². The Morgan fingerprint density at radius 3 is 2.92 bits per heavy atom. The summed E-state index contributed by atoms with van der Waals surface area (Å²) < 4.78 is 0. The molecule has 4 nitrogen and oxygen atoms in total. The van der Waals surface area contributed by atoms with E-state index in [1.165, 1.54) is 0 Å². The SMILES string of the molecule is Cc1nncc(CCC2(N)CC2)n1. The fourth-order valence-electron chi connectivity index (χ4n) is 1.35. The van der Waals surface area contributed by atoms with E-state index in [2.05, 4.69) is 15.2 Å². The fraction of sp³-hybridized carbons (Fsp3) is 0.667. The first kappa shape index (κ1) is 8.56. The molecule has 4 heteroatoms. The quantitative estimate of drug-likeness (QED) is 0.736. The average Bonchev–Trinajstić information content (AvgIpc) is 2.82. The fourth-order valence-corrected chi connectivity index (χ4v) is 1.35. The van der Waals surface area contributed by atoms with Crippen LogP contribution in [0.5, 0.6) is 0 Å². The van der Waals surface area contributed by atoms with Gasteiger partial charge in [0.25, 0.3) is 0 Å². The molecule has 0 aromatic carbocycles. The van der Waals surface area contributed by atoms with E-state index in [0.29, 0.717) is 0 Å². The van der Waals surface area contributed by atoms with Gasteiger partial charge in [0.05, 0.1) is 11.9 Å². The van der Waals surface area contributed by atoms with Gasteiger partial charge >= 0.3 is 0 Å². The summed E-state index contributed by atoms with van der Waals surface area (Å²) in [5.74, 6) is 0.736. The van der Waals surface area contributed by atoms with Crippen LogP contribution in [0.25, 0.3) is 0 Å². The Bertz CT molecular complexity index is 306. The summed E-state index contributed by atoms with van der Waals surface area (Å²) >= 11 is 0. The van der Waals surface area contributed by atoms with Crippen molar-refractivity contribution in [3.63, 3.8) is 0 Å². The van der Waals surface area contributed by atoms with Crippen LogP contribution in [0, 0.1) is 6.92 Å². The van der Waals surface area contributed by atoms with Crippen LogP contribution >= 0.6 is 0 Å². The molecule has 0 unspecified atom stereocenters. The number of hydrogen-bond acceptors (Lipinski definition) is 4. The summed E-state index contributed by atoms with van der Waals surface area (Å²) in [6, 6.07) is 0. The van der Waals surface area contributed by atoms with Crippen molar-refractivity contribution in [3.05, 3.63) is 17.7 Å². The molecule has 1 aliphatic rings. The van der Waals surface area contributed by atoms with E-state index in [9.17, 15) is 0 Å². The van der Waals surface area contributed by atoms with Crippen LogP contribution < -0.4 is 5.73 Å². The second kappa shape index (κ2) is 3.03. The summed E-state index contributed by atoms with van der Waals surface area (Å²) in [6.45, 7) is 1.85. The molecule has 1 aromatic heterocycles. The van der Waals surface area contributed by atoms with E-state index in [-0.39, 0.29) is 5.54 Å². The summed E-state index contributed by atoms with van der Waals surface area (Å²) in [6.07, 6.45) is 5.98. The van der Waals surface area contributed by atoms with Gasteiger partial charge in [-0.2, -0.15) is 5.10 Å². The third-order valence-electron chi connectivity index (χ3n) is 2.49. The molecule has 1 saturated carbocycles. The van der Waals surface area contributed by atoms with E-state index in [1.54, 1.807) is 6.20 Å². The topological polar surface area (TPSA) is 64.7 Å². The zero-order valence-electron chi connectivity index (χ0n) is 7.82. The van der Waals surface area contributed by atoms with Gasteiger partial charge in [0.2, 0.25) is 0 Å². The molecule has 2 N–H and O–H groups in total. The van der Waals surface area contributed by atoms with Gasteiger partial charge in [-0.05, 0) is 32.6 Å². The van der Waals surface area contributed by atoms with E-state index >= 15 is 0 Å². The highest BCUT2D eigenvalue weighted by Gasteiger charge is 2.37. The Balaban J connectivity index is 1.94. The predicted molar refractivity (Wildman–Crippen MR) is 49.0 cm³/mol. The standard InChI is InChI=1S/C9H14N4/c1-7-12-8(6-11-13-7)2-3-9(10)4-5-9/h6H,2-5,10H2,1H3. The monoisotopic (exact) mass is 178 g/mol. The lowest BCUT2D eigenvalue weighted by Crippen LogP contribution is -2.22. The van der Waals surface area contributed by atoms with Gasteiger partial charge in [-0.1, -0.05) is 0 Å². The summed E-state index contributed by atoms with van der Waals surface area (Å²) in [7, 11) is 0. The highest BCUT2D eigenvalue weighted by atomic mass is 15.1. The maximum Gasteiger partial charge on any atom is 0.148 e. The Kier molecular flexibility index (Phi) is 2.00. The smallest absolute Gasteiger partial charge is 0.148 e. The van der Waals surface area contributed by atoms with Gasteiger partial charge in [0.15, 0.2) is 0 Å². The third kappa shape index (κ3) is 2.21. The van der Waals surface area contributed by atoms with Crippen LogP contribution in [-0.2, 0) is 6.42 Å². The molecule has 0 spiro atoms. The van der Waals surface area contributed by atoms with Gasteiger partial charge in [-0.3, -0.25) is 0 Å². The van der Waals surface area contributed by atoms with Gasteiger partial charge in [-0.15, -0.1) is 5.10 Å². The largest absolute Gasteiger partial charge is 0.325 e. The van der Waals surface area contributed by atoms with Crippen molar-refractivity contribution >= 4 is 0 Å². The van der Waals surface area contributed by atoms with Crippen molar-refractivity contribution in [2.24, 2.45) is 5.73 Å². The number of aromatic nitrogens is 3. The first-order chi connectivity index (χ1) is 6.18. The highest BCUT2D eigenvalue weighted by Crippen LogP contribution is 2.36. The van der Waals surface area contributed by atoms with Crippen LogP contribution in [0.3, 0.4) is 0 Å². The van der Waals surface area contributed by atoms with Crippen molar-refractivity contribution in [3.8, 4) is 0 Å². The lowest BCUT2D eigenvalue weighted by molar-refractivity contribution is 0.599. The molecule has 0 saturated heterocycles. The number of hydrogen-bond donors (Lipinski definition) is 1. The van der Waals surface area contributed by atoms with Crippen LogP contribution in [-0.4, -0.2) is 20.7 Å². The molecule has 1 heterocycles. The molecule has 13 heavy (non-hydrogen) atoms. The molecule has 2 rings (SSSR count). The second-order valence-corrected chi connectivity index (χ2v) is 3.86. The molecule has 0 bridgehead atoms. The van der Waals surface area contributed by atoms with E-state index in [0.717, 1.165) is 37.2 Å². The van der Waals surface area contributed by atoms with Crippen molar-refractivity contribution in [1.29, 1.82) is 0 Å². The van der Waals surface area contributed by atoms with Crippen molar-refractivity contribution < 1.29 is 0 Å². The highest BCUT2D eigenvalue weighted by molar-refractivity contribution is 5.03. The van der Waals surface area contributed by atoms with Crippen LogP contribution in [0.2, 0.25) is 0 Å². The third-order valence-corrected chi connectivity index (χ3v) is 2.49. The number of rotatable bonds is 3. The molecule has 0 radical (unpaired) electrons. The normalized spacial score (nSPS) is 18.6. The average molecular weight is 178 g/mol. The summed E-state index contributed by atoms with van der Waals surface area (Å²) in [5, 5.41) is 7.66. The molecule has 0 aliphatic heterocycles. The van der Waals surface area contributed by atoms with E-state index in [1.807, 2.05) is 6.92 Å².